The highest BCUT2D eigenvalue weighted by Crippen LogP contribution is 2.12. The van der Waals surface area contributed by atoms with Crippen molar-refractivity contribution in [3.63, 3.8) is 0 Å². The molecule has 0 bridgehead atoms. The summed E-state index contributed by atoms with van der Waals surface area (Å²) >= 11 is 0. The SMILES string of the molecule is CCCCCCCCC(C)(O)O. The van der Waals surface area contributed by atoms with E-state index >= 15 is 0 Å². The van der Waals surface area contributed by atoms with E-state index in [2.05, 4.69) is 6.92 Å². The predicted octanol–water partition coefficient (Wildman–Crippen LogP) is 2.44. The molecule has 0 radical (unpaired) electrons. The van der Waals surface area contributed by atoms with Crippen LogP contribution in [0.3, 0.4) is 0 Å². The predicted molar refractivity (Wildman–Crippen MR) is 50.8 cm³/mol. The molecule has 2 N–H and O–H groups in total. The highest BCUT2D eigenvalue weighted by Gasteiger charge is 2.12. The van der Waals surface area contributed by atoms with Crippen LogP contribution in [0.1, 0.15) is 58.8 Å². The van der Waals surface area contributed by atoms with Crippen LogP contribution in [0.4, 0.5) is 0 Å². The van der Waals surface area contributed by atoms with Crippen molar-refractivity contribution in [1.82, 2.24) is 0 Å². The Labute approximate surface area is 75.6 Å². The third kappa shape index (κ3) is 9.92. The maximum Gasteiger partial charge on any atom is 0.159 e. The summed E-state index contributed by atoms with van der Waals surface area (Å²) in [5.41, 5.74) is 0. The molecule has 2 heteroatoms. The van der Waals surface area contributed by atoms with Gasteiger partial charge in [-0.15, -0.1) is 0 Å². The minimum Gasteiger partial charge on any atom is -0.366 e. The van der Waals surface area contributed by atoms with Crippen LogP contribution in [0, 0.1) is 0 Å². The first-order valence-electron chi connectivity index (χ1n) is 5.01. The summed E-state index contributed by atoms with van der Waals surface area (Å²) in [4.78, 5) is 0. The molecule has 0 aromatic rings. The van der Waals surface area contributed by atoms with Gasteiger partial charge in [-0.1, -0.05) is 39.0 Å². The Bertz CT molecular complexity index is 94.5. The van der Waals surface area contributed by atoms with Gasteiger partial charge in [-0.05, 0) is 13.3 Å². The number of unbranched alkanes of at least 4 members (excludes halogenated alkanes) is 5. The summed E-state index contributed by atoms with van der Waals surface area (Å²) in [5.74, 6) is -1.45. The minimum absolute atomic E-state index is 0.499. The van der Waals surface area contributed by atoms with Gasteiger partial charge >= 0.3 is 0 Å². The van der Waals surface area contributed by atoms with Crippen LogP contribution in [0.5, 0.6) is 0 Å². The zero-order valence-electron chi connectivity index (χ0n) is 8.34. The summed E-state index contributed by atoms with van der Waals surface area (Å²) in [7, 11) is 0. The first-order chi connectivity index (χ1) is 5.56. The molecule has 74 valence electrons. The van der Waals surface area contributed by atoms with Gasteiger partial charge < -0.3 is 10.2 Å². The third-order valence-corrected chi connectivity index (χ3v) is 2.00. The molecule has 0 aromatic heterocycles. The standard InChI is InChI=1S/C10H22O2/c1-3-4-5-6-7-8-9-10(2,11)12/h11-12H,3-9H2,1-2H3. The second kappa shape index (κ2) is 6.44. The number of aliphatic hydroxyl groups is 2. The molecule has 0 fully saturated rings. The molecule has 0 aliphatic carbocycles. The Kier molecular flexibility index (Phi) is 6.39. The van der Waals surface area contributed by atoms with Crippen molar-refractivity contribution < 1.29 is 10.2 Å². The van der Waals surface area contributed by atoms with Crippen molar-refractivity contribution in [2.24, 2.45) is 0 Å². The first kappa shape index (κ1) is 11.9. The fourth-order valence-electron chi connectivity index (χ4n) is 1.24. The average molecular weight is 174 g/mol. The van der Waals surface area contributed by atoms with E-state index in [4.69, 9.17) is 10.2 Å². The average Bonchev–Trinajstić information content (AvgIpc) is 1.94. The highest BCUT2D eigenvalue weighted by atomic mass is 16.5. The molecular weight excluding hydrogens is 152 g/mol. The van der Waals surface area contributed by atoms with Gasteiger partial charge in [0, 0.05) is 6.42 Å². The molecule has 0 spiro atoms. The monoisotopic (exact) mass is 174 g/mol. The van der Waals surface area contributed by atoms with E-state index in [0.717, 1.165) is 12.8 Å². The summed E-state index contributed by atoms with van der Waals surface area (Å²) in [6, 6.07) is 0. The maximum absolute atomic E-state index is 8.98. The molecule has 0 atom stereocenters. The van der Waals surface area contributed by atoms with Crippen LogP contribution in [0.15, 0.2) is 0 Å². The zero-order valence-corrected chi connectivity index (χ0v) is 8.34. The van der Waals surface area contributed by atoms with Gasteiger partial charge in [-0.2, -0.15) is 0 Å². The topological polar surface area (TPSA) is 40.5 Å². The Morgan fingerprint density at radius 2 is 1.42 bits per heavy atom. The second-order valence-corrected chi connectivity index (χ2v) is 3.73. The molecule has 0 aliphatic rings. The molecule has 0 aromatic carbocycles. The summed E-state index contributed by atoms with van der Waals surface area (Å²) in [6.07, 6.45) is 7.62. The molecule has 0 rings (SSSR count). The van der Waals surface area contributed by atoms with Gasteiger partial charge in [0.15, 0.2) is 5.79 Å². The number of hydrogen-bond donors (Lipinski definition) is 2. The fraction of sp³-hybridized carbons (Fsp3) is 1.00. The van der Waals surface area contributed by atoms with Crippen molar-refractivity contribution in [1.29, 1.82) is 0 Å². The molecular formula is C10H22O2. The molecule has 0 saturated heterocycles. The van der Waals surface area contributed by atoms with E-state index in [1.807, 2.05) is 0 Å². The van der Waals surface area contributed by atoms with E-state index < -0.39 is 5.79 Å². The molecule has 0 unspecified atom stereocenters. The highest BCUT2D eigenvalue weighted by molar-refractivity contribution is 4.56. The molecule has 0 saturated carbocycles. The van der Waals surface area contributed by atoms with Gasteiger partial charge in [0.25, 0.3) is 0 Å². The molecule has 0 heterocycles. The number of rotatable bonds is 7. The lowest BCUT2D eigenvalue weighted by Gasteiger charge is -2.14. The maximum atomic E-state index is 8.98. The summed E-state index contributed by atoms with van der Waals surface area (Å²) < 4.78 is 0. The van der Waals surface area contributed by atoms with Crippen molar-refractivity contribution in [2.45, 2.75) is 64.6 Å². The van der Waals surface area contributed by atoms with Crippen molar-refractivity contribution in [2.75, 3.05) is 0 Å². The molecule has 2 nitrogen and oxygen atoms in total. The van der Waals surface area contributed by atoms with Gasteiger partial charge in [-0.3, -0.25) is 0 Å². The van der Waals surface area contributed by atoms with E-state index in [9.17, 15) is 0 Å². The van der Waals surface area contributed by atoms with Crippen LogP contribution in [-0.4, -0.2) is 16.0 Å². The van der Waals surface area contributed by atoms with Crippen LogP contribution in [0.25, 0.3) is 0 Å². The lowest BCUT2D eigenvalue weighted by atomic mass is 10.1. The van der Waals surface area contributed by atoms with Crippen molar-refractivity contribution >= 4 is 0 Å². The summed E-state index contributed by atoms with van der Waals surface area (Å²) in [5, 5.41) is 18.0. The molecule has 12 heavy (non-hydrogen) atoms. The minimum atomic E-state index is -1.45. The largest absolute Gasteiger partial charge is 0.366 e. The Hall–Kier alpha value is -0.0800. The van der Waals surface area contributed by atoms with Crippen LogP contribution < -0.4 is 0 Å². The lowest BCUT2D eigenvalue weighted by Crippen LogP contribution is -2.22. The van der Waals surface area contributed by atoms with E-state index in [1.165, 1.54) is 32.6 Å². The molecule has 0 amide bonds. The Morgan fingerprint density at radius 1 is 0.917 bits per heavy atom. The van der Waals surface area contributed by atoms with E-state index in [-0.39, 0.29) is 0 Å². The van der Waals surface area contributed by atoms with Gasteiger partial charge in [0.05, 0.1) is 0 Å². The second-order valence-electron chi connectivity index (χ2n) is 3.73. The van der Waals surface area contributed by atoms with Crippen LogP contribution in [0.2, 0.25) is 0 Å². The lowest BCUT2D eigenvalue weighted by molar-refractivity contribution is -0.150. The Balaban J connectivity index is 3.01. The quantitative estimate of drug-likeness (QED) is 0.459. The Morgan fingerprint density at radius 3 is 1.92 bits per heavy atom. The van der Waals surface area contributed by atoms with Gasteiger partial charge in [0.1, 0.15) is 0 Å². The van der Waals surface area contributed by atoms with Crippen molar-refractivity contribution in [3.8, 4) is 0 Å². The smallest absolute Gasteiger partial charge is 0.159 e. The van der Waals surface area contributed by atoms with Crippen LogP contribution in [-0.2, 0) is 0 Å². The normalized spacial score (nSPS) is 12.0. The fourth-order valence-corrected chi connectivity index (χ4v) is 1.24. The first-order valence-corrected chi connectivity index (χ1v) is 5.01. The van der Waals surface area contributed by atoms with E-state index in [0.29, 0.717) is 6.42 Å². The number of hydrogen-bond acceptors (Lipinski definition) is 2. The van der Waals surface area contributed by atoms with Gasteiger partial charge in [0.2, 0.25) is 0 Å². The van der Waals surface area contributed by atoms with Crippen molar-refractivity contribution in [3.05, 3.63) is 0 Å². The van der Waals surface area contributed by atoms with E-state index in [1.54, 1.807) is 0 Å². The zero-order chi connectivity index (χ0) is 9.45. The summed E-state index contributed by atoms with van der Waals surface area (Å²) in [6.45, 7) is 3.64. The van der Waals surface area contributed by atoms with Gasteiger partial charge in [-0.25, -0.2) is 0 Å². The molecule has 0 aliphatic heterocycles. The third-order valence-electron chi connectivity index (χ3n) is 2.00. The van der Waals surface area contributed by atoms with Crippen LogP contribution >= 0.6 is 0 Å².